The SMILES string of the molecule is Cc1ccc(C)c(NC(=O)NNc2cc(S(C)(=O)=O)c(S(C)(=O)=O)cc2C)c1. The molecular formula is C18H23N3O5S2. The Kier molecular flexibility index (Phi) is 6.05. The van der Waals surface area contributed by atoms with Gasteiger partial charge < -0.3 is 5.32 Å². The van der Waals surface area contributed by atoms with Crippen LogP contribution in [0.3, 0.4) is 0 Å². The van der Waals surface area contributed by atoms with Crippen LogP contribution >= 0.6 is 0 Å². The second kappa shape index (κ2) is 7.80. The third-order valence-electron chi connectivity index (χ3n) is 4.04. The zero-order valence-corrected chi connectivity index (χ0v) is 17.9. The molecular weight excluding hydrogens is 402 g/mol. The van der Waals surface area contributed by atoms with Gasteiger partial charge in [-0.2, -0.15) is 0 Å². The summed E-state index contributed by atoms with van der Waals surface area (Å²) < 4.78 is 47.9. The average Bonchev–Trinajstić information content (AvgIpc) is 2.55. The molecule has 0 aliphatic rings. The Morgan fingerprint density at radius 1 is 0.786 bits per heavy atom. The minimum atomic E-state index is -3.80. The molecule has 0 saturated heterocycles. The monoisotopic (exact) mass is 425 g/mol. The molecule has 10 heteroatoms. The molecule has 0 spiro atoms. The summed E-state index contributed by atoms with van der Waals surface area (Å²) in [5.74, 6) is 0. The first kappa shape index (κ1) is 21.7. The Hall–Kier alpha value is -2.59. The summed E-state index contributed by atoms with van der Waals surface area (Å²) in [6.07, 6.45) is 1.87. The Balaban J connectivity index is 2.27. The Morgan fingerprint density at radius 2 is 1.36 bits per heavy atom. The van der Waals surface area contributed by atoms with Crippen molar-refractivity contribution in [1.82, 2.24) is 5.43 Å². The third-order valence-corrected chi connectivity index (χ3v) is 6.44. The highest BCUT2D eigenvalue weighted by atomic mass is 32.2. The van der Waals surface area contributed by atoms with Gasteiger partial charge in [-0.1, -0.05) is 12.1 Å². The van der Waals surface area contributed by atoms with Crippen LogP contribution in [0.2, 0.25) is 0 Å². The van der Waals surface area contributed by atoms with E-state index < -0.39 is 25.7 Å². The second-order valence-corrected chi connectivity index (χ2v) is 10.6. The lowest BCUT2D eigenvalue weighted by Crippen LogP contribution is -2.34. The molecule has 0 radical (unpaired) electrons. The minimum absolute atomic E-state index is 0.268. The van der Waals surface area contributed by atoms with E-state index in [0.717, 1.165) is 23.6 Å². The maximum Gasteiger partial charge on any atom is 0.337 e. The molecule has 0 atom stereocenters. The molecule has 3 N–H and O–H groups in total. The van der Waals surface area contributed by atoms with Crippen molar-refractivity contribution in [3.05, 3.63) is 47.0 Å². The molecule has 2 aromatic carbocycles. The first-order valence-corrected chi connectivity index (χ1v) is 12.0. The van der Waals surface area contributed by atoms with E-state index in [1.54, 1.807) is 6.92 Å². The van der Waals surface area contributed by atoms with E-state index in [2.05, 4.69) is 16.2 Å². The fourth-order valence-electron chi connectivity index (χ4n) is 2.52. The van der Waals surface area contributed by atoms with E-state index in [1.807, 2.05) is 32.0 Å². The Bertz CT molecular complexity index is 1140. The van der Waals surface area contributed by atoms with Gasteiger partial charge in [-0.15, -0.1) is 0 Å². The lowest BCUT2D eigenvalue weighted by molar-refractivity contribution is 0.254. The van der Waals surface area contributed by atoms with Crippen molar-refractivity contribution in [2.24, 2.45) is 0 Å². The van der Waals surface area contributed by atoms with Crippen LogP contribution in [-0.4, -0.2) is 35.4 Å². The number of anilines is 2. The van der Waals surface area contributed by atoms with Crippen LogP contribution in [0.15, 0.2) is 40.1 Å². The molecule has 0 aliphatic heterocycles. The molecule has 28 heavy (non-hydrogen) atoms. The summed E-state index contributed by atoms with van der Waals surface area (Å²) in [7, 11) is -7.54. The summed E-state index contributed by atoms with van der Waals surface area (Å²) in [4.78, 5) is 11.6. The van der Waals surface area contributed by atoms with Gasteiger partial charge in [-0.05, 0) is 55.7 Å². The highest BCUT2D eigenvalue weighted by Gasteiger charge is 2.22. The van der Waals surface area contributed by atoms with Gasteiger partial charge in [-0.25, -0.2) is 21.6 Å². The van der Waals surface area contributed by atoms with Crippen LogP contribution in [-0.2, 0) is 19.7 Å². The predicted molar refractivity (Wildman–Crippen MR) is 109 cm³/mol. The molecule has 0 aliphatic carbocycles. The van der Waals surface area contributed by atoms with Gasteiger partial charge in [0.25, 0.3) is 0 Å². The van der Waals surface area contributed by atoms with E-state index in [9.17, 15) is 21.6 Å². The third kappa shape index (κ3) is 5.23. The smallest absolute Gasteiger partial charge is 0.306 e. The number of carbonyl (C=O) groups excluding carboxylic acids is 1. The summed E-state index contributed by atoms with van der Waals surface area (Å²) in [5, 5.41) is 2.69. The molecule has 2 amide bonds. The number of carbonyl (C=O) groups is 1. The first-order chi connectivity index (χ1) is 12.8. The molecule has 0 aromatic heterocycles. The van der Waals surface area contributed by atoms with E-state index in [1.165, 1.54) is 12.1 Å². The van der Waals surface area contributed by atoms with E-state index in [4.69, 9.17) is 0 Å². The number of rotatable bonds is 5. The lowest BCUT2D eigenvalue weighted by Gasteiger charge is -2.16. The van der Waals surface area contributed by atoms with Crippen molar-refractivity contribution in [1.29, 1.82) is 0 Å². The van der Waals surface area contributed by atoms with Gasteiger partial charge >= 0.3 is 6.03 Å². The van der Waals surface area contributed by atoms with Crippen LogP contribution < -0.4 is 16.2 Å². The standard InChI is InChI=1S/C18H23N3O5S2/c1-11-6-7-12(2)14(8-11)19-18(22)21-20-15-10-17(28(5,25)26)16(9-13(15)3)27(4,23)24/h6-10,20H,1-5H3,(H2,19,21,22). The van der Waals surface area contributed by atoms with Crippen LogP contribution in [0.5, 0.6) is 0 Å². The summed E-state index contributed by atoms with van der Waals surface area (Å²) in [5.41, 5.74) is 8.30. The number of benzene rings is 2. The normalized spacial score (nSPS) is 11.8. The summed E-state index contributed by atoms with van der Waals surface area (Å²) in [6.45, 7) is 5.36. The molecule has 152 valence electrons. The first-order valence-electron chi connectivity index (χ1n) is 8.24. The van der Waals surface area contributed by atoms with Crippen molar-refractivity contribution in [2.45, 2.75) is 30.6 Å². The minimum Gasteiger partial charge on any atom is -0.306 e. The quantitative estimate of drug-likeness (QED) is 0.633. The lowest BCUT2D eigenvalue weighted by atomic mass is 10.1. The number of sulfone groups is 2. The number of nitrogens with one attached hydrogen (secondary N) is 3. The fraction of sp³-hybridized carbons (Fsp3) is 0.278. The highest BCUT2D eigenvalue weighted by molar-refractivity contribution is 7.93. The molecule has 0 heterocycles. The van der Waals surface area contributed by atoms with Crippen molar-refractivity contribution in [3.8, 4) is 0 Å². The molecule has 2 rings (SSSR count). The number of aryl methyl sites for hydroxylation is 3. The molecule has 0 unspecified atom stereocenters. The molecule has 0 bridgehead atoms. The number of hydrazine groups is 1. The maximum atomic E-state index is 12.2. The fourth-order valence-corrected chi connectivity index (χ4v) is 5.00. The van der Waals surface area contributed by atoms with Crippen LogP contribution in [0.4, 0.5) is 16.2 Å². The highest BCUT2D eigenvalue weighted by Crippen LogP contribution is 2.28. The van der Waals surface area contributed by atoms with Gasteiger partial charge in [0.1, 0.15) is 0 Å². The number of hydrogen-bond donors (Lipinski definition) is 3. The van der Waals surface area contributed by atoms with Gasteiger partial charge in [0.2, 0.25) is 0 Å². The average molecular weight is 426 g/mol. The summed E-state index contributed by atoms with van der Waals surface area (Å²) >= 11 is 0. The molecule has 8 nitrogen and oxygen atoms in total. The molecule has 0 fully saturated rings. The summed E-state index contributed by atoms with van der Waals surface area (Å²) in [6, 6.07) is 7.53. The number of amides is 2. The van der Waals surface area contributed by atoms with Crippen molar-refractivity contribution < 1.29 is 21.6 Å². The van der Waals surface area contributed by atoms with Gasteiger partial charge in [0.15, 0.2) is 19.7 Å². The van der Waals surface area contributed by atoms with Crippen LogP contribution in [0, 0.1) is 20.8 Å². The number of hydrogen-bond acceptors (Lipinski definition) is 6. The van der Waals surface area contributed by atoms with Crippen LogP contribution in [0.25, 0.3) is 0 Å². The maximum absolute atomic E-state index is 12.2. The van der Waals surface area contributed by atoms with E-state index >= 15 is 0 Å². The van der Waals surface area contributed by atoms with Crippen LogP contribution in [0.1, 0.15) is 16.7 Å². The van der Waals surface area contributed by atoms with Crippen molar-refractivity contribution >= 4 is 37.1 Å². The molecule has 2 aromatic rings. The van der Waals surface area contributed by atoms with E-state index in [0.29, 0.717) is 11.3 Å². The van der Waals surface area contributed by atoms with Gasteiger partial charge in [-0.3, -0.25) is 10.9 Å². The van der Waals surface area contributed by atoms with Crippen molar-refractivity contribution in [3.63, 3.8) is 0 Å². The van der Waals surface area contributed by atoms with Gasteiger partial charge in [0.05, 0.1) is 15.5 Å². The Morgan fingerprint density at radius 3 is 1.93 bits per heavy atom. The Labute approximate surface area is 165 Å². The number of urea groups is 1. The van der Waals surface area contributed by atoms with Crippen molar-refractivity contribution in [2.75, 3.05) is 23.3 Å². The topological polar surface area (TPSA) is 121 Å². The van der Waals surface area contributed by atoms with Gasteiger partial charge in [0, 0.05) is 18.2 Å². The zero-order chi connectivity index (χ0) is 21.3. The zero-order valence-electron chi connectivity index (χ0n) is 16.2. The molecule has 0 saturated carbocycles. The van der Waals surface area contributed by atoms with E-state index in [-0.39, 0.29) is 15.5 Å². The largest absolute Gasteiger partial charge is 0.337 e. The predicted octanol–water partition coefficient (Wildman–Crippen LogP) is 2.57. The second-order valence-electron chi connectivity index (χ2n) is 6.68.